The third kappa shape index (κ3) is 12.3. The van der Waals surface area contributed by atoms with E-state index in [2.05, 4.69) is 4.52 Å². The highest BCUT2D eigenvalue weighted by Crippen LogP contribution is 2.38. The fourth-order valence-electron chi connectivity index (χ4n) is 1.21. The topological polar surface area (TPSA) is 162 Å². The van der Waals surface area contributed by atoms with E-state index in [1.165, 1.54) is 0 Å². The fourth-order valence-corrected chi connectivity index (χ4v) is 2.22. The van der Waals surface area contributed by atoms with Crippen LogP contribution in [0.5, 0.6) is 0 Å². The first-order chi connectivity index (χ1) is 8.51. The number of aliphatic carboxylic acids is 1. The number of rotatable bonds is 9. The minimum Gasteiger partial charge on any atom is -0.478 e. The van der Waals surface area contributed by atoms with E-state index in [-0.39, 0.29) is 18.6 Å². The highest BCUT2D eigenvalue weighted by atomic mass is 31.2. The van der Waals surface area contributed by atoms with E-state index in [0.717, 1.165) is 0 Å². The van der Waals surface area contributed by atoms with Gasteiger partial charge >= 0.3 is 21.4 Å². The van der Waals surface area contributed by atoms with E-state index in [9.17, 15) is 13.9 Å². The summed E-state index contributed by atoms with van der Waals surface area (Å²) in [5.74, 6) is -1.00. The fraction of sp³-hybridized carbons (Fsp3) is 0.625. The molecule has 0 aromatic rings. The smallest absolute Gasteiger partial charge is 0.469 e. The number of unbranched alkanes of at least 4 members (excludes halogenated alkanes) is 2. The van der Waals surface area contributed by atoms with Crippen LogP contribution in [0.3, 0.4) is 0 Å². The maximum Gasteiger partial charge on any atom is 0.469 e. The van der Waals surface area contributed by atoms with Gasteiger partial charge in [0.2, 0.25) is 0 Å². The summed E-state index contributed by atoms with van der Waals surface area (Å²) in [6.07, 6.45) is 0.971. The molecule has 0 saturated heterocycles. The van der Waals surface area contributed by atoms with Gasteiger partial charge in [-0.2, -0.15) is 0 Å². The lowest BCUT2D eigenvalue weighted by Crippen LogP contribution is -2.01. The molecule has 0 fully saturated rings. The molecule has 0 aliphatic carbocycles. The van der Waals surface area contributed by atoms with Crippen LogP contribution in [0.1, 0.15) is 25.7 Å². The predicted molar refractivity (Wildman–Crippen MR) is 64.2 cm³/mol. The second kappa shape index (κ2) is 7.91. The Bertz CT molecular complexity index is 418. The molecule has 0 radical (unpaired) electrons. The van der Waals surface area contributed by atoms with Gasteiger partial charge in [-0.3, -0.25) is 9.09 Å². The van der Waals surface area contributed by atoms with Gasteiger partial charge in [0.25, 0.3) is 0 Å². The molecule has 0 unspecified atom stereocenters. The van der Waals surface area contributed by atoms with Gasteiger partial charge in [-0.15, -0.1) is 0 Å². The van der Waals surface area contributed by atoms with Gasteiger partial charge in [-0.05, 0) is 19.3 Å². The number of carboxylic acids is 1. The molecule has 0 atom stereocenters. The Morgan fingerprint density at radius 1 is 1.05 bits per heavy atom. The Hall–Kier alpha value is -0.530. The van der Waals surface area contributed by atoms with Crippen molar-refractivity contribution in [1.29, 1.82) is 0 Å². The molecular formula is C8H16O9P2. The highest BCUT2D eigenvalue weighted by Gasteiger charge is 2.16. The Morgan fingerprint density at radius 3 is 2.05 bits per heavy atom. The molecule has 0 heterocycles. The van der Waals surface area contributed by atoms with Crippen molar-refractivity contribution in [2.45, 2.75) is 25.7 Å². The van der Waals surface area contributed by atoms with Crippen molar-refractivity contribution in [3.63, 3.8) is 0 Å². The first-order valence-electron chi connectivity index (χ1n) is 5.21. The molecule has 0 aromatic heterocycles. The maximum absolute atomic E-state index is 10.7. The number of hydrogen-bond donors (Lipinski definition) is 5. The summed E-state index contributed by atoms with van der Waals surface area (Å²) >= 11 is 0. The standard InChI is InChI=1S/C8H16O9P2/c9-8(10)7(6-18(11,12)13)4-2-1-3-5-17-19(14,15)16/h6H,1-5H2,(H,9,10)(H2,11,12,13)(H2,14,15,16)/b7-6+. The van der Waals surface area contributed by atoms with Gasteiger partial charge in [0.05, 0.1) is 6.61 Å². The summed E-state index contributed by atoms with van der Waals surface area (Å²) in [4.78, 5) is 44.7. The van der Waals surface area contributed by atoms with Crippen molar-refractivity contribution in [1.82, 2.24) is 0 Å². The van der Waals surface area contributed by atoms with Crippen LogP contribution in [0.4, 0.5) is 0 Å². The molecule has 5 N–H and O–H groups in total. The average Bonchev–Trinajstić information content (AvgIpc) is 2.17. The number of hydrogen-bond acceptors (Lipinski definition) is 4. The zero-order valence-corrected chi connectivity index (χ0v) is 11.7. The lowest BCUT2D eigenvalue weighted by Gasteiger charge is -2.06. The van der Waals surface area contributed by atoms with Crippen LogP contribution in [-0.4, -0.2) is 37.3 Å². The van der Waals surface area contributed by atoms with Crippen LogP contribution in [0.2, 0.25) is 0 Å². The minimum atomic E-state index is -4.53. The summed E-state index contributed by atoms with van der Waals surface area (Å²) in [7, 11) is -9.02. The molecule has 0 amide bonds. The quantitative estimate of drug-likeness (QED) is 0.235. The lowest BCUT2D eigenvalue weighted by molar-refractivity contribution is -0.132. The molecule has 0 aliphatic heterocycles. The van der Waals surface area contributed by atoms with Crippen LogP contribution in [-0.2, 0) is 18.4 Å². The van der Waals surface area contributed by atoms with Gasteiger partial charge in [0, 0.05) is 11.4 Å². The van der Waals surface area contributed by atoms with Crippen molar-refractivity contribution in [2.24, 2.45) is 0 Å². The van der Waals surface area contributed by atoms with Gasteiger partial charge in [0.15, 0.2) is 0 Å². The normalized spacial score (nSPS) is 13.6. The Balaban J connectivity index is 4.04. The summed E-state index contributed by atoms with van der Waals surface area (Å²) < 4.78 is 25.1. The minimum absolute atomic E-state index is 0.0453. The zero-order valence-electron chi connectivity index (χ0n) is 9.88. The highest BCUT2D eigenvalue weighted by molar-refractivity contribution is 7.55. The number of carboxylic acid groups (broad SMARTS) is 1. The summed E-state index contributed by atoms with van der Waals surface area (Å²) in [5.41, 5.74) is -0.385. The van der Waals surface area contributed by atoms with Crippen molar-refractivity contribution < 1.29 is 43.1 Å². The molecule has 19 heavy (non-hydrogen) atoms. The monoisotopic (exact) mass is 318 g/mol. The molecule has 11 heteroatoms. The summed E-state index contributed by atoms with van der Waals surface area (Å²) in [5, 5.41) is 8.71. The SMILES string of the molecule is O=C(O)/C(=C/P(=O)(O)O)CCCCCOP(=O)(O)O. The molecule has 0 spiro atoms. The lowest BCUT2D eigenvalue weighted by atomic mass is 10.1. The third-order valence-electron chi connectivity index (χ3n) is 1.95. The molecular weight excluding hydrogens is 302 g/mol. The number of carbonyl (C=O) groups is 1. The van der Waals surface area contributed by atoms with Gasteiger partial charge in [-0.1, -0.05) is 6.42 Å². The zero-order chi connectivity index (χ0) is 15.1. The Labute approximate surface area is 109 Å². The van der Waals surface area contributed by atoms with E-state index >= 15 is 0 Å². The van der Waals surface area contributed by atoms with E-state index < -0.39 is 21.4 Å². The van der Waals surface area contributed by atoms with Crippen LogP contribution in [0.15, 0.2) is 11.4 Å². The third-order valence-corrected chi connectivity index (χ3v) is 3.12. The molecule has 0 rings (SSSR count). The number of phosphoric acid groups is 1. The first kappa shape index (κ1) is 18.5. The van der Waals surface area contributed by atoms with Crippen LogP contribution in [0.25, 0.3) is 0 Å². The molecule has 112 valence electrons. The second-order valence-electron chi connectivity index (χ2n) is 3.68. The van der Waals surface area contributed by atoms with Gasteiger partial charge in [0.1, 0.15) is 0 Å². The maximum atomic E-state index is 10.7. The molecule has 0 aliphatic rings. The van der Waals surface area contributed by atoms with Gasteiger partial charge in [-0.25, -0.2) is 9.36 Å². The van der Waals surface area contributed by atoms with Crippen molar-refractivity contribution in [3.8, 4) is 0 Å². The van der Waals surface area contributed by atoms with E-state index in [1.807, 2.05) is 0 Å². The van der Waals surface area contributed by atoms with Crippen LogP contribution >= 0.6 is 15.4 Å². The van der Waals surface area contributed by atoms with Crippen molar-refractivity contribution in [3.05, 3.63) is 11.4 Å². The van der Waals surface area contributed by atoms with Crippen molar-refractivity contribution in [2.75, 3.05) is 6.61 Å². The first-order valence-corrected chi connectivity index (χ1v) is 8.43. The van der Waals surface area contributed by atoms with E-state index in [1.54, 1.807) is 0 Å². The van der Waals surface area contributed by atoms with Gasteiger partial charge < -0.3 is 24.7 Å². The number of phosphoric ester groups is 1. The average molecular weight is 318 g/mol. The summed E-state index contributed by atoms with van der Waals surface area (Å²) in [6.45, 7) is -0.172. The van der Waals surface area contributed by atoms with E-state index in [0.29, 0.717) is 25.1 Å². The second-order valence-corrected chi connectivity index (χ2v) is 6.36. The molecule has 0 saturated carbocycles. The predicted octanol–water partition coefficient (Wildman–Crippen LogP) is 0.802. The van der Waals surface area contributed by atoms with E-state index in [4.69, 9.17) is 24.7 Å². The summed E-state index contributed by atoms with van der Waals surface area (Å²) in [6, 6.07) is 0. The molecule has 0 bridgehead atoms. The molecule has 9 nitrogen and oxygen atoms in total. The van der Waals surface area contributed by atoms with Crippen LogP contribution < -0.4 is 0 Å². The van der Waals surface area contributed by atoms with Crippen LogP contribution in [0, 0.1) is 0 Å². The Morgan fingerprint density at radius 2 is 1.63 bits per heavy atom. The largest absolute Gasteiger partial charge is 0.478 e. The Kier molecular flexibility index (Phi) is 7.69. The van der Waals surface area contributed by atoms with Crippen molar-refractivity contribution >= 4 is 21.4 Å². The molecule has 0 aromatic carbocycles.